The van der Waals surface area contributed by atoms with Gasteiger partial charge in [0, 0.05) is 44.6 Å². The van der Waals surface area contributed by atoms with Crippen LogP contribution in [-0.2, 0) is 68.7 Å². The van der Waals surface area contributed by atoms with Crippen LogP contribution in [0.2, 0.25) is 0 Å². The van der Waals surface area contributed by atoms with E-state index in [-0.39, 0.29) is 37.5 Å². The number of nitrogens with two attached hydrogens (primary N) is 1. The third-order valence-corrected chi connectivity index (χ3v) is 16.3. The number of H-pyrrole nitrogens is 1. The van der Waals surface area contributed by atoms with E-state index in [9.17, 15) is 68.1 Å². The van der Waals surface area contributed by atoms with Crippen LogP contribution in [0, 0.1) is 17.8 Å². The van der Waals surface area contributed by atoms with E-state index in [4.69, 9.17) is 5.73 Å². The van der Waals surface area contributed by atoms with Crippen molar-refractivity contribution in [1.29, 1.82) is 0 Å². The molecule has 2 aromatic carbocycles. The maximum atomic E-state index is 15.3. The predicted octanol–water partition coefficient (Wildman–Crippen LogP) is 0.304. The average Bonchev–Trinajstić information content (AvgIpc) is 1.11. The lowest BCUT2D eigenvalue weighted by Gasteiger charge is -2.35. The van der Waals surface area contributed by atoms with Crippen molar-refractivity contribution < 1.29 is 77.6 Å². The average molecular weight is 1300 g/mol. The fourth-order valence-electron chi connectivity index (χ4n) is 11.1. The van der Waals surface area contributed by atoms with Gasteiger partial charge in [-0.25, -0.2) is 4.98 Å². The summed E-state index contributed by atoms with van der Waals surface area (Å²) in [5.41, 5.74) is 6.99. The lowest BCUT2D eigenvalue weighted by Crippen LogP contribution is -2.62. The van der Waals surface area contributed by atoms with Gasteiger partial charge < -0.3 is 78.8 Å². The topological polar surface area (TPSA) is 449 Å². The molecule has 0 unspecified atom stereocenters. The molecule has 0 spiro atoms. The number of imidazole rings is 1. The Bertz CT molecular complexity index is 2960. The molecule has 0 bridgehead atoms. The monoisotopic (exact) mass is 1300 g/mol. The number of rotatable bonds is 38. The number of amides is 11. The highest BCUT2D eigenvalue weighted by atomic mass is 16.4. The zero-order valence-corrected chi connectivity index (χ0v) is 54.0. The van der Waals surface area contributed by atoms with E-state index in [1.54, 1.807) is 81.4 Å². The molecule has 510 valence electrons. The molecular formula is C64H93N13O16. The summed E-state index contributed by atoms with van der Waals surface area (Å²) in [5, 5.41) is 52.6. The van der Waals surface area contributed by atoms with E-state index >= 15 is 9.59 Å². The third kappa shape index (κ3) is 24.4. The number of aliphatic hydroxyl groups excluding tert-OH is 1. The Kier molecular flexibility index (Phi) is 31.0. The van der Waals surface area contributed by atoms with Gasteiger partial charge in [-0.05, 0) is 61.5 Å². The number of carbonyl (C=O) groups excluding carboxylic acids is 11. The van der Waals surface area contributed by atoms with Gasteiger partial charge in [0.15, 0.2) is 0 Å². The number of carboxylic acid groups (broad SMARTS) is 2. The molecule has 11 amide bonds. The second kappa shape index (κ2) is 37.9. The summed E-state index contributed by atoms with van der Waals surface area (Å²) in [7, 11) is 1.37. The summed E-state index contributed by atoms with van der Waals surface area (Å²) in [6, 6.07) is 2.62. The predicted molar refractivity (Wildman–Crippen MR) is 338 cm³/mol. The molecule has 11 atom stereocenters. The van der Waals surface area contributed by atoms with Crippen molar-refractivity contribution in [2.24, 2.45) is 23.5 Å². The van der Waals surface area contributed by atoms with Crippen LogP contribution >= 0.6 is 0 Å². The first-order chi connectivity index (χ1) is 44.1. The number of likely N-dealkylation sites (N-methyl/N-ethyl adjacent to an activating group) is 1. The molecular weight excluding hydrogens is 1210 g/mol. The van der Waals surface area contributed by atoms with Gasteiger partial charge in [-0.2, -0.15) is 0 Å². The van der Waals surface area contributed by atoms with E-state index in [0.717, 1.165) is 43.9 Å². The van der Waals surface area contributed by atoms with Crippen LogP contribution in [0.4, 0.5) is 0 Å². The molecule has 1 heterocycles. The van der Waals surface area contributed by atoms with Gasteiger partial charge in [0.1, 0.15) is 60.4 Å². The Hall–Kier alpha value is -9.28. The zero-order valence-electron chi connectivity index (χ0n) is 54.0. The first-order valence-electron chi connectivity index (χ1n) is 31.5. The summed E-state index contributed by atoms with van der Waals surface area (Å²) in [4.78, 5) is 185. The SMILES string of the molecule is CC[C@H](C)[C@H](NC(=O)[C@@H](NC(=O)[C@H](CCC(=O)O)NC(=O)[C@H](CC(=O)O)NC(C)=O)C(c1ccccc1)c1ccccc1)C(=O)N[C@@H](CC1CCCCC1)C(=O)N(C)[C@@H](CC)C(=O)N[C@@H](C)C(=O)N[C@@H](CO)C(=O)N[C@@H](Cc1cnc[nH]1)C(=O)N[C@@H](CC(C)C)C(N)=O. The van der Waals surface area contributed by atoms with E-state index in [1.165, 1.54) is 26.5 Å². The van der Waals surface area contributed by atoms with E-state index in [2.05, 4.69) is 57.8 Å². The minimum Gasteiger partial charge on any atom is -0.481 e. The molecule has 3 aromatic rings. The maximum Gasteiger partial charge on any atom is 0.305 e. The lowest BCUT2D eigenvalue weighted by molar-refractivity contribution is -0.143. The molecule has 29 heteroatoms. The summed E-state index contributed by atoms with van der Waals surface area (Å²) in [5.74, 6) is -14.3. The first-order valence-corrected chi connectivity index (χ1v) is 31.5. The molecule has 4 rings (SSSR count). The summed E-state index contributed by atoms with van der Waals surface area (Å²) in [6.07, 6.45) is 5.24. The molecule has 15 N–H and O–H groups in total. The van der Waals surface area contributed by atoms with Crippen molar-refractivity contribution in [2.45, 2.75) is 198 Å². The number of benzene rings is 2. The summed E-state index contributed by atoms with van der Waals surface area (Å²) >= 11 is 0. The van der Waals surface area contributed by atoms with Crippen LogP contribution in [0.1, 0.15) is 148 Å². The molecule has 1 aliphatic carbocycles. The van der Waals surface area contributed by atoms with E-state index in [0.29, 0.717) is 23.2 Å². The summed E-state index contributed by atoms with van der Waals surface area (Å²) in [6.45, 7) is 10.1. The van der Waals surface area contributed by atoms with E-state index < -0.39 is 175 Å². The van der Waals surface area contributed by atoms with Gasteiger partial charge in [0.25, 0.3) is 0 Å². The van der Waals surface area contributed by atoms with Crippen molar-refractivity contribution in [2.75, 3.05) is 13.7 Å². The van der Waals surface area contributed by atoms with Crippen LogP contribution in [0.3, 0.4) is 0 Å². The second-order valence-electron chi connectivity index (χ2n) is 24.1. The number of primary amides is 1. The molecule has 0 saturated heterocycles. The van der Waals surface area contributed by atoms with Crippen LogP contribution in [-0.4, -0.2) is 181 Å². The fourth-order valence-corrected chi connectivity index (χ4v) is 11.1. The normalized spacial score (nSPS) is 15.9. The molecule has 0 radical (unpaired) electrons. The molecule has 93 heavy (non-hydrogen) atoms. The largest absolute Gasteiger partial charge is 0.481 e. The Balaban J connectivity index is 1.64. The van der Waals surface area contributed by atoms with Crippen molar-refractivity contribution in [3.05, 3.63) is 90.0 Å². The number of nitrogens with zero attached hydrogens (tertiary/aromatic N) is 2. The number of aliphatic carboxylic acids is 2. The number of nitrogens with one attached hydrogen (secondary N) is 10. The van der Waals surface area contributed by atoms with Gasteiger partial charge in [-0.3, -0.25) is 62.3 Å². The number of hydrogen-bond donors (Lipinski definition) is 14. The molecule has 1 aromatic heterocycles. The smallest absolute Gasteiger partial charge is 0.305 e. The highest BCUT2D eigenvalue weighted by Crippen LogP contribution is 2.31. The van der Waals surface area contributed by atoms with E-state index in [1.807, 2.05) is 13.8 Å². The van der Waals surface area contributed by atoms with Crippen molar-refractivity contribution in [3.8, 4) is 0 Å². The van der Waals surface area contributed by atoms with Crippen molar-refractivity contribution in [3.63, 3.8) is 0 Å². The van der Waals surface area contributed by atoms with Gasteiger partial charge in [0.2, 0.25) is 65.0 Å². The first kappa shape index (κ1) is 76.2. The number of carbonyl (C=O) groups is 13. The van der Waals surface area contributed by atoms with Crippen molar-refractivity contribution >= 4 is 76.9 Å². The molecule has 29 nitrogen and oxygen atoms in total. The highest BCUT2D eigenvalue weighted by Gasteiger charge is 2.41. The van der Waals surface area contributed by atoms with Gasteiger partial charge >= 0.3 is 11.9 Å². The number of hydrogen-bond acceptors (Lipinski definition) is 15. The standard InChI is InChI=1S/C64H93N13O16/c1-9-36(5)53(75-63(92)54(52(40-22-16-12-17-23-40)41-24-18-13-19-25-41)76-57(86)43(26-27-50(80)81)70-59(88)46(31-51(82)83)69-38(7)79)62(91)73-47(29-39-20-14-11-15-21-39)64(93)77(8)49(10-2)61(90)68-37(6)56(85)74-48(33-78)60(89)72-45(30-42-32-66-34-67-42)58(87)71-44(55(65)84)28-35(3)4/h12-13,16-19,22-25,32,34-37,39,43-49,52-54,78H,9-11,14-15,20-21,26-31,33H2,1-8H3,(H2,65,84)(H,66,67)(H,68,90)(H,69,79)(H,70,88)(H,71,87)(H,72,89)(H,73,91)(H,74,85)(H,75,92)(H,76,86)(H,80,81)(H,82,83)/t36-,37-,43-,44-,45-,46-,47-,48-,49-,53-,54-/m0/s1. The number of carboxylic acids is 2. The summed E-state index contributed by atoms with van der Waals surface area (Å²) < 4.78 is 0. The van der Waals surface area contributed by atoms with Crippen LogP contribution in [0.25, 0.3) is 0 Å². The van der Waals surface area contributed by atoms with Crippen LogP contribution in [0.5, 0.6) is 0 Å². The highest BCUT2D eigenvalue weighted by molar-refractivity contribution is 5.99. The molecule has 1 saturated carbocycles. The van der Waals surface area contributed by atoms with Gasteiger partial charge in [-0.1, -0.05) is 134 Å². The number of aliphatic hydroxyl groups is 1. The maximum absolute atomic E-state index is 15.3. The zero-order chi connectivity index (χ0) is 69.1. The minimum absolute atomic E-state index is 0.00343. The quantitative estimate of drug-likeness (QED) is 0.0367. The Labute approximate surface area is 540 Å². The lowest BCUT2D eigenvalue weighted by atomic mass is 9.83. The molecule has 1 fully saturated rings. The Morgan fingerprint density at radius 1 is 0.602 bits per heavy atom. The molecule has 0 aliphatic heterocycles. The fraction of sp³-hybridized carbons (Fsp3) is 0.562. The Morgan fingerprint density at radius 2 is 1.13 bits per heavy atom. The minimum atomic E-state index is -1.72. The number of aromatic nitrogens is 2. The van der Waals surface area contributed by atoms with Crippen LogP contribution < -0.4 is 53.6 Å². The number of aromatic amines is 1. The van der Waals surface area contributed by atoms with Crippen molar-refractivity contribution in [1.82, 2.24) is 62.7 Å². The third-order valence-electron chi connectivity index (χ3n) is 16.3. The molecule has 1 aliphatic rings. The van der Waals surface area contributed by atoms with Crippen LogP contribution in [0.15, 0.2) is 73.2 Å². The Morgan fingerprint density at radius 3 is 1.65 bits per heavy atom. The van der Waals surface area contributed by atoms with Gasteiger partial charge in [0.05, 0.1) is 19.4 Å². The second-order valence-corrected chi connectivity index (χ2v) is 24.1. The van der Waals surface area contributed by atoms with Gasteiger partial charge in [-0.15, -0.1) is 0 Å².